The molecular weight excluding hydrogens is 220 g/mol. The molecule has 2 heteroatoms. The number of rotatable bonds is 2. The lowest BCUT2D eigenvalue weighted by Crippen LogP contribution is -2.10. The van der Waals surface area contributed by atoms with Gasteiger partial charge in [0.1, 0.15) is 0 Å². The van der Waals surface area contributed by atoms with Crippen molar-refractivity contribution in [3.63, 3.8) is 0 Å². The number of benzene rings is 1. The molecule has 1 aromatic carbocycles. The highest BCUT2D eigenvalue weighted by Crippen LogP contribution is 2.31. The Labute approximate surface area is 110 Å². The fourth-order valence-electron chi connectivity index (χ4n) is 2.42. The number of hydrogen-bond acceptors (Lipinski definition) is 1. The van der Waals surface area contributed by atoms with Crippen LogP contribution in [0.5, 0.6) is 0 Å². The molecule has 18 heavy (non-hydrogen) atoms. The fourth-order valence-corrected chi connectivity index (χ4v) is 2.42. The third-order valence-electron chi connectivity index (χ3n) is 3.81. The molecule has 2 nitrogen and oxygen atoms in total. The van der Waals surface area contributed by atoms with E-state index in [1.54, 1.807) is 0 Å². The summed E-state index contributed by atoms with van der Waals surface area (Å²) in [6, 6.07) is 6.72. The third-order valence-corrected chi connectivity index (χ3v) is 3.81. The zero-order chi connectivity index (χ0) is 13.5. The second-order valence-electron chi connectivity index (χ2n) is 6.31. The molecule has 1 heterocycles. The lowest BCUT2D eigenvalue weighted by atomic mass is 9.86. The molecule has 2 aromatic rings. The first-order chi connectivity index (χ1) is 8.34. The number of aryl methyl sites for hydroxylation is 1. The van der Waals surface area contributed by atoms with Crippen molar-refractivity contribution in [1.29, 1.82) is 0 Å². The van der Waals surface area contributed by atoms with Gasteiger partial charge in [-0.1, -0.05) is 33.8 Å². The van der Waals surface area contributed by atoms with Gasteiger partial charge in [0.25, 0.3) is 0 Å². The minimum atomic E-state index is 0.192. The molecule has 0 radical (unpaired) electrons. The van der Waals surface area contributed by atoms with Crippen LogP contribution in [0.2, 0.25) is 0 Å². The van der Waals surface area contributed by atoms with Gasteiger partial charge in [0.2, 0.25) is 0 Å². The van der Waals surface area contributed by atoms with Crippen molar-refractivity contribution in [3.05, 3.63) is 35.0 Å². The topological polar surface area (TPSA) is 41.8 Å². The summed E-state index contributed by atoms with van der Waals surface area (Å²) in [5.74, 6) is 0.385. The average Bonchev–Trinajstić information content (AvgIpc) is 2.64. The molecule has 0 amide bonds. The van der Waals surface area contributed by atoms with Crippen LogP contribution in [-0.4, -0.2) is 11.5 Å². The molecule has 0 aliphatic carbocycles. The average molecular weight is 244 g/mol. The number of H-pyrrole nitrogens is 1. The summed E-state index contributed by atoms with van der Waals surface area (Å²) in [7, 11) is 0. The van der Waals surface area contributed by atoms with E-state index in [1.807, 2.05) is 0 Å². The van der Waals surface area contributed by atoms with E-state index in [-0.39, 0.29) is 5.41 Å². The highest BCUT2D eigenvalue weighted by Gasteiger charge is 2.17. The number of nitrogens with one attached hydrogen (secondary N) is 1. The van der Waals surface area contributed by atoms with Gasteiger partial charge in [-0.05, 0) is 35.6 Å². The first kappa shape index (κ1) is 13.2. The van der Waals surface area contributed by atoms with Gasteiger partial charge in [0, 0.05) is 29.1 Å². The van der Waals surface area contributed by atoms with E-state index in [2.05, 4.69) is 57.8 Å². The molecule has 0 spiro atoms. The summed E-state index contributed by atoms with van der Waals surface area (Å²) in [5, 5.41) is 1.33. The van der Waals surface area contributed by atoms with Crippen LogP contribution in [0.1, 0.15) is 50.4 Å². The predicted octanol–water partition coefficient (Wildman–Crippen LogP) is 3.84. The van der Waals surface area contributed by atoms with Crippen molar-refractivity contribution >= 4 is 10.9 Å². The Morgan fingerprint density at radius 3 is 2.50 bits per heavy atom. The first-order valence-corrected chi connectivity index (χ1v) is 6.67. The summed E-state index contributed by atoms with van der Waals surface area (Å²) in [4.78, 5) is 3.51. The van der Waals surface area contributed by atoms with Gasteiger partial charge in [-0.25, -0.2) is 0 Å². The van der Waals surface area contributed by atoms with Crippen LogP contribution in [0.4, 0.5) is 0 Å². The number of aromatic nitrogens is 1. The summed E-state index contributed by atoms with van der Waals surface area (Å²) < 4.78 is 0. The highest BCUT2D eigenvalue weighted by atomic mass is 14.7. The maximum Gasteiger partial charge on any atom is 0.0459 e. The molecule has 0 bridgehead atoms. The van der Waals surface area contributed by atoms with E-state index in [0.717, 1.165) is 0 Å². The summed E-state index contributed by atoms with van der Waals surface area (Å²) in [6.45, 7) is 11.8. The maximum absolute atomic E-state index is 5.77. The normalized spacial score (nSPS) is 14.1. The maximum atomic E-state index is 5.77. The lowest BCUT2D eigenvalue weighted by Gasteiger charge is -2.19. The highest BCUT2D eigenvalue weighted by molar-refractivity contribution is 5.85. The molecule has 98 valence electrons. The van der Waals surface area contributed by atoms with Gasteiger partial charge in [-0.2, -0.15) is 0 Å². The van der Waals surface area contributed by atoms with Crippen molar-refractivity contribution in [2.45, 2.75) is 46.0 Å². The molecule has 0 aliphatic rings. The second kappa shape index (κ2) is 4.43. The minimum absolute atomic E-state index is 0.192. The largest absolute Gasteiger partial charge is 0.358 e. The Balaban J connectivity index is 2.60. The molecule has 1 atom stereocenters. The Morgan fingerprint density at radius 1 is 1.28 bits per heavy atom. The van der Waals surface area contributed by atoms with Gasteiger partial charge in [0.15, 0.2) is 0 Å². The zero-order valence-corrected chi connectivity index (χ0v) is 12.1. The van der Waals surface area contributed by atoms with Gasteiger partial charge in [0.05, 0.1) is 0 Å². The molecule has 1 unspecified atom stereocenters. The Bertz CT molecular complexity index is 558. The molecule has 0 aliphatic heterocycles. The predicted molar refractivity (Wildman–Crippen MR) is 79.2 cm³/mol. The first-order valence-electron chi connectivity index (χ1n) is 6.67. The van der Waals surface area contributed by atoms with Gasteiger partial charge < -0.3 is 10.7 Å². The smallest absolute Gasteiger partial charge is 0.0459 e. The van der Waals surface area contributed by atoms with E-state index in [1.165, 1.54) is 27.7 Å². The van der Waals surface area contributed by atoms with Crippen molar-refractivity contribution in [2.24, 2.45) is 5.73 Å². The van der Waals surface area contributed by atoms with E-state index in [4.69, 9.17) is 5.73 Å². The standard InChI is InChI=1S/C16H24N2/c1-10(9-17)15-11(2)13-8-12(16(3,4)5)6-7-14(13)18-15/h6-8,10,18H,9,17H2,1-5H3. The number of hydrogen-bond donors (Lipinski definition) is 2. The fraction of sp³-hybridized carbons (Fsp3) is 0.500. The van der Waals surface area contributed by atoms with Crippen molar-refractivity contribution < 1.29 is 0 Å². The molecule has 0 saturated heterocycles. The summed E-state index contributed by atoms with van der Waals surface area (Å²) in [5.41, 5.74) is 11.2. The molecule has 1 aromatic heterocycles. The molecular formula is C16H24N2. The van der Waals surface area contributed by atoms with Crippen molar-refractivity contribution in [2.75, 3.05) is 6.54 Å². The van der Waals surface area contributed by atoms with E-state index >= 15 is 0 Å². The Morgan fingerprint density at radius 2 is 1.94 bits per heavy atom. The van der Waals surface area contributed by atoms with Gasteiger partial charge >= 0.3 is 0 Å². The van der Waals surface area contributed by atoms with Crippen LogP contribution in [0.3, 0.4) is 0 Å². The van der Waals surface area contributed by atoms with Crippen LogP contribution < -0.4 is 5.73 Å². The van der Waals surface area contributed by atoms with Crippen LogP contribution in [0.25, 0.3) is 10.9 Å². The van der Waals surface area contributed by atoms with Crippen molar-refractivity contribution in [1.82, 2.24) is 4.98 Å². The lowest BCUT2D eigenvalue weighted by molar-refractivity contribution is 0.591. The van der Waals surface area contributed by atoms with E-state index in [9.17, 15) is 0 Å². The molecule has 0 fully saturated rings. The quantitative estimate of drug-likeness (QED) is 0.828. The van der Waals surface area contributed by atoms with Gasteiger partial charge in [-0.3, -0.25) is 0 Å². The summed E-state index contributed by atoms with van der Waals surface area (Å²) in [6.07, 6.45) is 0. The van der Waals surface area contributed by atoms with Gasteiger partial charge in [-0.15, -0.1) is 0 Å². The van der Waals surface area contributed by atoms with Crippen LogP contribution in [-0.2, 0) is 5.41 Å². The Kier molecular flexibility index (Phi) is 3.24. The number of aromatic amines is 1. The minimum Gasteiger partial charge on any atom is -0.358 e. The molecule has 2 rings (SSSR count). The van der Waals surface area contributed by atoms with Crippen LogP contribution in [0.15, 0.2) is 18.2 Å². The third kappa shape index (κ3) is 2.17. The monoisotopic (exact) mass is 244 g/mol. The SMILES string of the molecule is Cc1c(C(C)CN)[nH]c2ccc(C(C)(C)C)cc12. The number of nitrogens with two attached hydrogens (primary N) is 1. The summed E-state index contributed by atoms with van der Waals surface area (Å²) >= 11 is 0. The van der Waals surface area contributed by atoms with E-state index < -0.39 is 0 Å². The Hall–Kier alpha value is -1.28. The number of fused-ring (bicyclic) bond motifs is 1. The second-order valence-corrected chi connectivity index (χ2v) is 6.31. The molecule has 3 N–H and O–H groups in total. The van der Waals surface area contributed by atoms with Crippen LogP contribution >= 0.6 is 0 Å². The van der Waals surface area contributed by atoms with Crippen molar-refractivity contribution in [3.8, 4) is 0 Å². The molecule has 0 saturated carbocycles. The zero-order valence-electron chi connectivity index (χ0n) is 12.1. The van der Waals surface area contributed by atoms with E-state index in [0.29, 0.717) is 12.5 Å². The van der Waals surface area contributed by atoms with Crippen LogP contribution in [0, 0.1) is 6.92 Å².